The summed E-state index contributed by atoms with van der Waals surface area (Å²) in [4.78, 5) is 7.24. The first-order valence-corrected chi connectivity index (χ1v) is 4.09. The van der Waals surface area contributed by atoms with Crippen LogP contribution in [0.5, 0.6) is 0 Å². The van der Waals surface area contributed by atoms with Crippen molar-refractivity contribution in [2.24, 2.45) is 0 Å². The van der Waals surface area contributed by atoms with Crippen molar-refractivity contribution in [2.45, 2.75) is 0 Å². The summed E-state index contributed by atoms with van der Waals surface area (Å²) < 4.78 is 0. The van der Waals surface area contributed by atoms with E-state index in [4.69, 9.17) is 11.5 Å². The van der Waals surface area contributed by atoms with Crippen LogP contribution in [0.25, 0.3) is 0 Å². The molecule has 1 aromatic rings. The van der Waals surface area contributed by atoms with Gasteiger partial charge in [0, 0.05) is 6.20 Å². The lowest BCUT2D eigenvalue weighted by atomic mass is 10.6. The number of nitrogens with two attached hydrogens (primary N) is 2. The van der Waals surface area contributed by atoms with Gasteiger partial charge in [0.1, 0.15) is 5.82 Å². The highest BCUT2D eigenvalue weighted by molar-refractivity contribution is 9.08. The molecule has 5 heteroatoms. The highest BCUT2D eigenvalue weighted by Gasteiger charge is 1.84. The number of hydrogen-bond donors (Lipinski definition) is 2. The van der Waals surface area contributed by atoms with Crippen LogP contribution < -0.4 is 11.5 Å². The molecule has 0 fully saturated rings. The van der Waals surface area contributed by atoms with Gasteiger partial charge in [-0.15, -0.1) is 0 Å². The van der Waals surface area contributed by atoms with Gasteiger partial charge in [0.25, 0.3) is 0 Å². The van der Waals surface area contributed by atoms with Crippen LogP contribution in [0.15, 0.2) is 12.3 Å². The van der Waals surface area contributed by atoms with E-state index >= 15 is 0 Å². The van der Waals surface area contributed by atoms with Crippen LogP contribution >= 0.6 is 15.9 Å². The fourth-order valence-corrected chi connectivity index (χ4v) is 0.388. The molecule has 56 valence electrons. The van der Waals surface area contributed by atoms with Gasteiger partial charge < -0.3 is 11.5 Å². The Kier molecular flexibility index (Phi) is 4.57. The molecule has 1 aromatic heterocycles. The quantitative estimate of drug-likeness (QED) is 0.609. The van der Waals surface area contributed by atoms with Crippen LogP contribution in [-0.4, -0.2) is 15.8 Å². The number of hydrogen-bond acceptors (Lipinski definition) is 4. The third-order valence-corrected chi connectivity index (χ3v) is 0.696. The highest BCUT2D eigenvalue weighted by Crippen LogP contribution is 1.94. The Morgan fingerprint density at radius 2 is 2.00 bits per heavy atom. The van der Waals surface area contributed by atoms with Crippen molar-refractivity contribution in [3.63, 3.8) is 0 Å². The number of rotatable bonds is 0. The Hall–Kier alpha value is -0.840. The SMILES string of the molecule is CBr.Nc1ccnc(N)n1. The van der Waals surface area contributed by atoms with E-state index in [-0.39, 0.29) is 5.95 Å². The zero-order valence-corrected chi connectivity index (χ0v) is 7.17. The number of anilines is 2. The summed E-state index contributed by atoms with van der Waals surface area (Å²) in [6, 6.07) is 1.58. The van der Waals surface area contributed by atoms with Gasteiger partial charge in [0.2, 0.25) is 5.95 Å². The van der Waals surface area contributed by atoms with Crippen molar-refractivity contribution in [3.8, 4) is 0 Å². The number of nitrogens with zero attached hydrogens (tertiary/aromatic N) is 2. The van der Waals surface area contributed by atoms with Crippen LogP contribution in [0.1, 0.15) is 0 Å². The minimum Gasteiger partial charge on any atom is -0.384 e. The molecule has 0 aliphatic carbocycles. The average molecular weight is 205 g/mol. The van der Waals surface area contributed by atoms with Crippen LogP contribution in [0.2, 0.25) is 0 Å². The van der Waals surface area contributed by atoms with Gasteiger partial charge >= 0.3 is 0 Å². The Bertz CT molecular complexity index is 174. The Morgan fingerprint density at radius 3 is 2.30 bits per heavy atom. The van der Waals surface area contributed by atoms with Crippen molar-refractivity contribution in [2.75, 3.05) is 17.3 Å². The first kappa shape index (κ1) is 9.16. The van der Waals surface area contributed by atoms with E-state index in [1.54, 1.807) is 6.07 Å². The Morgan fingerprint density at radius 1 is 1.40 bits per heavy atom. The monoisotopic (exact) mass is 204 g/mol. The smallest absolute Gasteiger partial charge is 0.221 e. The molecule has 4 N–H and O–H groups in total. The molecule has 1 rings (SSSR count). The van der Waals surface area contributed by atoms with E-state index in [1.165, 1.54) is 6.20 Å². The number of halogens is 1. The van der Waals surface area contributed by atoms with E-state index in [0.717, 1.165) is 0 Å². The molecule has 0 amide bonds. The highest BCUT2D eigenvalue weighted by atomic mass is 79.9. The van der Waals surface area contributed by atoms with Gasteiger partial charge in [-0.2, -0.15) is 4.98 Å². The van der Waals surface area contributed by atoms with Crippen molar-refractivity contribution in [1.82, 2.24) is 9.97 Å². The molecule has 0 saturated heterocycles. The third kappa shape index (κ3) is 3.24. The van der Waals surface area contributed by atoms with Gasteiger partial charge in [0.15, 0.2) is 0 Å². The average Bonchev–Trinajstić information content (AvgIpc) is 1.91. The Balaban J connectivity index is 0.000000371. The van der Waals surface area contributed by atoms with Gasteiger partial charge in [-0.3, -0.25) is 0 Å². The molecule has 0 saturated carbocycles. The minimum atomic E-state index is 0.213. The van der Waals surface area contributed by atoms with Crippen LogP contribution in [0.3, 0.4) is 0 Å². The van der Waals surface area contributed by atoms with Crippen molar-refractivity contribution in [1.29, 1.82) is 0 Å². The molecule has 0 unspecified atom stereocenters. The van der Waals surface area contributed by atoms with Crippen LogP contribution in [-0.2, 0) is 0 Å². The number of aromatic nitrogens is 2. The van der Waals surface area contributed by atoms with Gasteiger partial charge in [0.05, 0.1) is 0 Å². The molecule has 4 nitrogen and oxygen atoms in total. The van der Waals surface area contributed by atoms with Crippen molar-refractivity contribution in [3.05, 3.63) is 12.3 Å². The maximum atomic E-state index is 5.23. The van der Waals surface area contributed by atoms with E-state index < -0.39 is 0 Å². The topological polar surface area (TPSA) is 77.8 Å². The van der Waals surface area contributed by atoms with Gasteiger partial charge in [-0.1, -0.05) is 15.9 Å². The summed E-state index contributed by atoms with van der Waals surface area (Å²) in [5.41, 5.74) is 10.4. The first-order chi connectivity index (χ1) is 4.79. The molecular weight excluding hydrogens is 196 g/mol. The lowest BCUT2D eigenvalue weighted by Crippen LogP contribution is -1.96. The van der Waals surface area contributed by atoms with Crippen LogP contribution in [0.4, 0.5) is 11.8 Å². The molecular formula is C5H9BrN4. The molecule has 0 spiro atoms. The summed E-state index contributed by atoms with van der Waals surface area (Å²) in [6.07, 6.45) is 1.51. The van der Waals surface area contributed by atoms with E-state index in [0.29, 0.717) is 5.82 Å². The van der Waals surface area contributed by atoms with E-state index in [9.17, 15) is 0 Å². The van der Waals surface area contributed by atoms with Gasteiger partial charge in [-0.05, 0) is 11.9 Å². The minimum absolute atomic E-state index is 0.213. The van der Waals surface area contributed by atoms with Gasteiger partial charge in [-0.25, -0.2) is 4.98 Å². The van der Waals surface area contributed by atoms with E-state index in [2.05, 4.69) is 25.9 Å². The summed E-state index contributed by atoms with van der Waals surface area (Å²) in [5.74, 6) is 2.43. The van der Waals surface area contributed by atoms with Crippen molar-refractivity contribution >= 4 is 27.7 Å². The zero-order chi connectivity index (χ0) is 7.98. The Labute approximate surface area is 67.8 Å². The van der Waals surface area contributed by atoms with E-state index in [1.807, 2.05) is 5.83 Å². The molecule has 0 aliphatic rings. The summed E-state index contributed by atoms with van der Waals surface area (Å²) in [5, 5.41) is 0. The second kappa shape index (κ2) is 4.99. The maximum absolute atomic E-state index is 5.23. The first-order valence-electron chi connectivity index (χ1n) is 2.51. The van der Waals surface area contributed by atoms with Crippen molar-refractivity contribution < 1.29 is 0 Å². The largest absolute Gasteiger partial charge is 0.384 e. The zero-order valence-electron chi connectivity index (χ0n) is 5.58. The maximum Gasteiger partial charge on any atom is 0.221 e. The predicted octanol–water partition coefficient (Wildman–Crippen LogP) is 0.652. The fourth-order valence-electron chi connectivity index (χ4n) is 0.388. The standard InChI is InChI=1S/C4H6N4.CH3Br/c5-3-1-2-7-4(6)8-3;1-2/h1-2H,(H4,5,6,7,8);1H3. The predicted molar refractivity (Wildman–Crippen MR) is 45.7 cm³/mol. The molecule has 0 aromatic carbocycles. The molecule has 0 atom stereocenters. The second-order valence-corrected chi connectivity index (χ2v) is 1.34. The molecule has 0 radical (unpaired) electrons. The second-order valence-electron chi connectivity index (χ2n) is 1.34. The summed E-state index contributed by atoms with van der Waals surface area (Å²) in [7, 11) is 0. The third-order valence-electron chi connectivity index (χ3n) is 0.696. The lowest BCUT2D eigenvalue weighted by Gasteiger charge is -1.89. The summed E-state index contributed by atoms with van der Waals surface area (Å²) >= 11 is 2.94. The lowest BCUT2D eigenvalue weighted by molar-refractivity contribution is 1.19. The summed E-state index contributed by atoms with van der Waals surface area (Å²) in [6.45, 7) is 0. The molecule has 1 heterocycles. The molecule has 0 aliphatic heterocycles. The van der Waals surface area contributed by atoms with Crippen LogP contribution in [0, 0.1) is 0 Å². The number of nitrogen functional groups attached to an aromatic ring is 2. The number of alkyl halides is 1. The molecule has 0 bridgehead atoms. The fraction of sp³-hybridized carbons (Fsp3) is 0.200. The normalized spacial score (nSPS) is 7.80. The molecule has 10 heavy (non-hydrogen) atoms.